The summed E-state index contributed by atoms with van der Waals surface area (Å²) < 4.78 is 1.82. The number of anilines is 1. The molecule has 0 unspecified atom stereocenters. The van der Waals surface area contributed by atoms with Crippen LogP contribution in [-0.2, 0) is 11.8 Å². The Kier molecular flexibility index (Phi) is 4.03. The van der Waals surface area contributed by atoms with Gasteiger partial charge in [0, 0.05) is 37.1 Å². The third-order valence-corrected chi connectivity index (χ3v) is 3.43. The molecule has 0 aliphatic rings. The minimum absolute atomic E-state index is 0.0566. The first kappa shape index (κ1) is 14.1. The van der Waals surface area contributed by atoms with E-state index < -0.39 is 0 Å². The standard InChI is InChI=1S/C16H19N3O/c1-12-15(13(2)19(4)17-12)10-11-16(20)18(3)14-8-6-5-7-9-14/h5-11H,1-4H3/b11-10-. The van der Waals surface area contributed by atoms with Crippen molar-refractivity contribution < 1.29 is 4.79 Å². The second-order valence-electron chi connectivity index (χ2n) is 4.77. The molecule has 0 aliphatic heterocycles. The van der Waals surface area contributed by atoms with E-state index in [1.807, 2.05) is 62.0 Å². The van der Waals surface area contributed by atoms with Crippen LogP contribution in [0.15, 0.2) is 36.4 Å². The third kappa shape index (κ3) is 2.79. The van der Waals surface area contributed by atoms with E-state index in [9.17, 15) is 4.79 Å². The number of hydrogen-bond donors (Lipinski definition) is 0. The average Bonchev–Trinajstić information content (AvgIpc) is 2.70. The molecule has 0 N–H and O–H groups in total. The van der Waals surface area contributed by atoms with Gasteiger partial charge in [0.15, 0.2) is 0 Å². The Balaban J connectivity index is 2.17. The van der Waals surface area contributed by atoms with Gasteiger partial charge in [-0.3, -0.25) is 9.48 Å². The quantitative estimate of drug-likeness (QED) is 0.804. The summed E-state index contributed by atoms with van der Waals surface area (Å²) in [7, 11) is 3.67. The fourth-order valence-corrected chi connectivity index (χ4v) is 2.08. The summed E-state index contributed by atoms with van der Waals surface area (Å²) in [5, 5.41) is 4.33. The van der Waals surface area contributed by atoms with Gasteiger partial charge in [0.1, 0.15) is 0 Å². The van der Waals surface area contributed by atoms with Crippen LogP contribution in [0, 0.1) is 13.8 Å². The molecule has 0 saturated carbocycles. The minimum atomic E-state index is -0.0566. The number of benzene rings is 1. The van der Waals surface area contributed by atoms with Crippen LogP contribution in [0.2, 0.25) is 0 Å². The molecule has 2 rings (SSSR count). The molecule has 1 aromatic carbocycles. The highest BCUT2D eigenvalue weighted by Gasteiger charge is 2.09. The van der Waals surface area contributed by atoms with Crippen LogP contribution in [0.5, 0.6) is 0 Å². The van der Waals surface area contributed by atoms with Crippen LogP contribution in [0.25, 0.3) is 6.08 Å². The Labute approximate surface area is 119 Å². The number of nitrogens with zero attached hydrogens (tertiary/aromatic N) is 3. The number of hydrogen-bond acceptors (Lipinski definition) is 2. The molecule has 0 atom stereocenters. The smallest absolute Gasteiger partial charge is 0.250 e. The summed E-state index contributed by atoms with van der Waals surface area (Å²) in [4.78, 5) is 13.8. The second-order valence-corrected chi connectivity index (χ2v) is 4.77. The number of likely N-dealkylation sites (N-methyl/N-ethyl adjacent to an activating group) is 1. The molecule has 0 bridgehead atoms. The van der Waals surface area contributed by atoms with E-state index in [-0.39, 0.29) is 5.91 Å². The van der Waals surface area contributed by atoms with E-state index in [1.54, 1.807) is 18.0 Å². The zero-order valence-corrected chi connectivity index (χ0v) is 12.3. The highest BCUT2D eigenvalue weighted by Crippen LogP contribution is 2.15. The molecule has 4 nitrogen and oxygen atoms in total. The van der Waals surface area contributed by atoms with Crippen molar-refractivity contribution >= 4 is 17.7 Å². The Bertz CT molecular complexity index is 641. The van der Waals surface area contributed by atoms with Gasteiger partial charge in [0.2, 0.25) is 0 Å². The first-order valence-corrected chi connectivity index (χ1v) is 6.51. The monoisotopic (exact) mass is 269 g/mol. The number of carbonyl (C=O) groups is 1. The molecule has 0 fully saturated rings. The van der Waals surface area contributed by atoms with Crippen molar-refractivity contribution in [3.8, 4) is 0 Å². The summed E-state index contributed by atoms with van der Waals surface area (Å²) in [5.41, 5.74) is 3.86. The molecule has 0 aliphatic carbocycles. The number of para-hydroxylation sites is 1. The Morgan fingerprint density at radius 3 is 2.45 bits per heavy atom. The van der Waals surface area contributed by atoms with Crippen LogP contribution in [0.1, 0.15) is 17.0 Å². The topological polar surface area (TPSA) is 38.1 Å². The van der Waals surface area contributed by atoms with Crippen molar-refractivity contribution in [2.75, 3.05) is 11.9 Å². The predicted molar refractivity (Wildman–Crippen MR) is 81.6 cm³/mol. The van der Waals surface area contributed by atoms with Gasteiger partial charge < -0.3 is 4.90 Å². The highest BCUT2D eigenvalue weighted by atomic mass is 16.2. The lowest BCUT2D eigenvalue weighted by molar-refractivity contribution is -0.113. The summed E-state index contributed by atoms with van der Waals surface area (Å²) in [6.07, 6.45) is 3.42. The normalized spacial score (nSPS) is 11.0. The Morgan fingerprint density at radius 1 is 1.25 bits per heavy atom. The minimum Gasteiger partial charge on any atom is -0.312 e. The number of aromatic nitrogens is 2. The number of aryl methyl sites for hydroxylation is 2. The first-order valence-electron chi connectivity index (χ1n) is 6.51. The molecule has 0 radical (unpaired) electrons. The molecule has 4 heteroatoms. The number of amides is 1. The van der Waals surface area contributed by atoms with E-state index >= 15 is 0 Å². The van der Waals surface area contributed by atoms with Gasteiger partial charge in [0.25, 0.3) is 5.91 Å². The van der Waals surface area contributed by atoms with Crippen molar-refractivity contribution in [1.29, 1.82) is 0 Å². The molecule has 104 valence electrons. The maximum atomic E-state index is 12.2. The van der Waals surface area contributed by atoms with E-state index in [2.05, 4.69) is 5.10 Å². The summed E-state index contributed by atoms with van der Waals surface area (Å²) in [6.45, 7) is 3.93. The van der Waals surface area contributed by atoms with E-state index in [0.717, 1.165) is 22.6 Å². The molecule has 0 saturated heterocycles. The Morgan fingerprint density at radius 2 is 1.90 bits per heavy atom. The SMILES string of the molecule is Cc1nn(C)c(C)c1/C=C\C(=O)N(C)c1ccccc1. The van der Waals surface area contributed by atoms with Crippen molar-refractivity contribution in [3.05, 3.63) is 53.4 Å². The molecular weight excluding hydrogens is 250 g/mol. The zero-order chi connectivity index (χ0) is 14.7. The van der Waals surface area contributed by atoms with Crippen molar-refractivity contribution in [3.63, 3.8) is 0 Å². The fourth-order valence-electron chi connectivity index (χ4n) is 2.08. The summed E-state index contributed by atoms with van der Waals surface area (Å²) in [5.74, 6) is -0.0566. The van der Waals surface area contributed by atoms with Crippen molar-refractivity contribution in [2.24, 2.45) is 7.05 Å². The van der Waals surface area contributed by atoms with E-state index in [1.165, 1.54) is 0 Å². The fraction of sp³-hybridized carbons (Fsp3) is 0.250. The van der Waals surface area contributed by atoms with Crippen LogP contribution in [0.3, 0.4) is 0 Å². The van der Waals surface area contributed by atoms with Crippen LogP contribution in [-0.4, -0.2) is 22.7 Å². The van der Waals surface area contributed by atoms with Crippen molar-refractivity contribution in [2.45, 2.75) is 13.8 Å². The van der Waals surface area contributed by atoms with Crippen LogP contribution >= 0.6 is 0 Å². The van der Waals surface area contributed by atoms with Gasteiger partial charge in [-0.25, -0.2) is 0 Å². The van der Waals surface area contributed by atoms with Gasteiger partial charge in [-0.15, -0.1) is 0 Å². The van der Waals surface area contributed by atoms with Gasteiger partial charge in [-0.1, -0.05) is 18.2 Å². The molecule has 1 heterocycles. The summed E-state index contributed by atoms with van der Waals surface area (Å²) in [6, 6.07) is 9.58. The maximum absolute atomic E-state index is 12.2. The van der Waals surface area contributed by atoms with E-state index in [0.29, 0.717) is 0 Å². The first-order chi connectivity index (χ1) is 9.50. The van der Waals surface area contributed by atoms with E-state index in [4.69, 9.17) is 0 Å². The Hall–Kier alpha value is -2.36. The zero-order valence-electron chi connectivity index (χ0n) is 12.3. The van der Waals surface area contributed by atoms with Gasteiger partial charge >= 0.3 is 0 Å². The lowest BCUT2D eigenvalue weighted by Crippen LogP contribution is -2.23. The molecule has 0 spiro atoms. The molecule has 1 amide bonds. The molecule has 1 aromatic heterocycles. The number of carbonyl (C=O) groups excluding carboxylic acids is 1. The van der Waals surface area contributed by atoms with Gasteiger partial charge in [-0.2, -0.15) is 5.10 Å². The van der Waals surface area contributed by atoms with Crippen LogP contribution < -0.4 is 4.90 Å². The molecular formula is C16H19N3O. The maximum Gasteiger partial charge on any atom is 0.250 e. The lowest BCUT2D eigenvalue weighted by atomic mass is 10.2. The molecule has 20 heavy (non-hydrogen) atoms. The summed E-state index contributed by atoms with van der Waals surface area (Å²) >= 11 is 0. The third-order valence-electron chi connectivity index (χ3n) is 3.43. The lowest BCUT2D eigenvalue weighted by Gasteiger charge is -2.14. The number of rotatable bonds is 3. The largest absolute Gasteiger partial charge is 0.312 e. The highest BCUT2D eigenvalue weighted by molar-refractivity contribution is 6.03. The second kappa shape index (κ2) is 5.74. The van der Waals surface area contributed by atoms with Crippen molar-refractivity contribution in [1.82, 2.24) is 9.78 Å². The van der Waals surface area contributed by atoms with Gasteiger partial charge in [-0.05, 0) is 32.1 Å². The predicted octanol–water partition coefficient (Wildman–Crippen LogP) is 2.71. The molecule has 2 aromatic rings. The average molecular weight is 269 g/mol. The van der Waals surface area contributed by atoms with Gasteiger partial charge in [0.05, 0.1) is 5.69 Å². The van der Waals surface area contributed by atoms with Crippen LogP contribution in [0.4, 0.5) is 5.69 Å².